The molecule has 0 aliphatic carbocycles. The molecule has 1 N–H and O–H groups in total. The molecule has 0 bridgehead atoms. The number of halogens is 2. The molecule has 0 spiro atoms. The third-order valence-corrected chi connectivity index (χ3v) is 3.88. The Bertz CT molecular complexity index is 768. The second-order valence-corrected chi connectivity index (χ2v) is 6.01. The largest absolute Gasteiger partial charge is 0.453 e. The zero-order valence-corrected chi connectivity index (χ0v) is 15.0. The van der Waals surface area contributed by atoms with Gasteiger partial charge in [-0.2, -0.15) is 8.78 Å². The molecule has 2 atom stereocenters. The number of nitrogens with one attached hydrogen (secondary N) is 1. The topological polar surface area (TPSA) is 64.6 Å². The first kappa shape index (κ1) is 20.4. The minimum atomic E-state index is -3.02. The average molecular weight is 377 g/mol. The molecule has 0 fully saturated rings. The van der Waals surface area contributed by atoms with E-state index in [1.54, 1.807) is 6.07 Å². The summed E-state index contributed by atoms with van der Waals surface area (Å²) < 4.78 is 34.4. The number of rotatable bonds is 8. The van der Waals surface area contributed by atoms with Crippen LogP contribution < -0.4 is 10.1 Å². The number of alkyl halides is 2. The Morgan fingerprint density at radius 2 is 1.63 bits per heavy atom. The lowest BCUT2D eigenvalue weighted by Gasteiger charge is -2.17. The third-order valence-electron chi connectivity index (χ3n) is 3.88. The molecule has 2 aromatic carbocycles. The van der Waals surface area contributed by atoms with E-state index in [4.69, 9.17) is 4.74 Å². The standard InChI is InChI=1S/C20H21F2NO4/c1-13(15-8-4-3-5-9-15)12-18(24)26-14(2)19(25)23-16-10-6-7-11-17(16)27-20(21)22/h3-11,13-14,20H,12H2,1-2H3,(H,23,25)/t13-,14+/m0/s1. The van der Waals surface area contributed by atoms with Crippen LogP contribution in [0, 0.1) is 0 Å². The SMILES string of the molecule is C[C@@H](OC(=O)C[C@H](C)c1ccccc1)C(=O)Nc1ccccc1OC(F)F. The van der Waals surface area contributed by atoms with Crippen molar-refractivity contribution in [1.29, 1.82) is 0 Å². The molecular formula is C20H21F2NO4. The summed E-state index contributed by atoms with van der Waals surface area (Å²) in [5.74, 6) is -1.39. The van der Waals surface area contributed by atoms with E-state index in [1.165, 1.54) is 25.1 Å². The summed E-state index contributed by atoms with van der Waals surface area (Å²) in [6.07, 6.45) is -0.965. The predicted molar refractivity (Wildman–Crippen MR) is 96.7 cm³/mol. The van der Waals surface area contributed by atoms with Crippen LogP contribution in [0.2, 0.25) is 0 Å². The van der Waals surface area contributed by atoms with Gasteiger partial charge in [0.25, 0.3) is 5.91 Å². The van der Waals surface area contributed by atoms with Crippen LogP contribution in [-0.4, -0.2) is 24.6 Å². The molecule has 0 unspecified atom stereocenters. The Labute approximate surface area is 156 Å². The second kappa shape index (κ2) is 9.66. The van der Waals surface area contributed by atoms with Crippen LogP contribution in [0.5, 0.6) is 5.75 Å². The molecule has 1 amide bonds. The lowest BCUT2D eigenvalue weighted by Crippen LogP contribution is -2.30. The second-order valence-electron chi connectivity index (χ2n) is 6.01. The molecule has 144 valence electrons. The van der Waals surface area contributed by atoms with Gasteiger partial charge < -0.3 is 14.8 Å². The number of anilines is 1. The van der Waals surface area contributed by atoms with Gasteiger partial charge in [-0.15, -0.1) is 0 Å². The number of amides is 1. The van der Waals surface area contributed by atoms with Gasteiger partial charge in [0, 0.05) is 0 Å². The van der Waals surface area contributed by atoms with Crippen molar-refractivity contribution in [2.45, 2.75) is 38.9 Å². The zero-order chi connectivity index (χ0) is 19.8. The van der Waals surface area contributed by atoms with Crippen LogP contribution in [0.3, 0.4) is 0 Å². The summed E-state index contributed by atoms with van der Waals surface area (Å²) in [5.41, 5.74) is 1.06. The molecule has 0 saturated carbocycles. The van der Waals surface area contributed by atoms with Crippen molar-refractivity contribution in [3.63, 3.8) is 0 Å². The molecule has 0 aromatic heterocycles. The van der Waals surface area contributed by atoms with E-state index in [9.17, 15) is 18.4 Å². The van der Waals surface area contributed by atoms with Crippen LogP contribution in [-0.2, 0) is 14.3 Å². The van der Waals surface area contributed by atoms with Gasteiger partial charge in [0.05, 0.1) is 12.1 Å². The number of ether oxygens (including phenoxy) is 2. The van der Waals surface area contributed by atoms with Crippen molar-refractivity contribution in [2.24, 2.45) is 0 Å². The maximum atomic E-state index is 12.4. The Kier molecular flexibility index (Phi) is 7.28. The van der Waals surface area contributed by atoms with E-state index in [0.29, 0.717) is 0 Å². The van der Waals surface area contributed by atoms with Crippen molar-refractivity contribution >= 4 is 17.6 Å². The number of carbonyl (C=O) groups excluding carboxylic acids is 2. The smallest absolute Gasteiger partial charge is 0.387 e. The minimum absolute atomic E-state index is 0.0610. The fraction of sp³-hybridized carbons (Fsp3) is 0.300. The van der Waals surface area contributed by atoms with Gasteiger partial charge in [-0.3, -0.25) is 9.59 Å². The van der Waals surface area contributed by atoms with Crippen LogP contribution in [0.1, 0.15) is 31.7 Å². The van der Waals surface area contributed by atoms with Crippen molar-refractivity contribution in [3.05, 3.63) is 60.2 Å². The minimum Gasteiger partial charge on any atom is -0.453 e. The Hall–Kier alpha value is -2.96. The van der Waals surface area contributed by atoms with Crippen LogP contribution in [0.15, 0.2) is 54.6 Å². The quantitative estimate of drug-likeness (QED) is 0.695. The highest BCUT2D eigenvalue weighted by Crippen LogP contribution is 2.26. The van der Waals surface area contributed by atoms with Crippen molar-refractivity contribution < 1.29 is 27.8 Å². The molecule has 2 rings (SSSR count). The zero-order valence-electron chi connectivity index (χ0n) is 15.0. The van der Waals surface area contributed by atoms with Crippen LogP contribution in [0.4, 0.5) is 14.5 Å². The summed E-state index contributed by atoms with van der Waals surface area (Å²) in [7, 11) is 0. The van der Waals surface area contributed by atoms with Gasteiger partial charge in [-0.25, -0.2) is 0 Å². The van der Waals surface area contributed by atoms with Gasteiger partial charge >= 0.3 is 12.6 Å². The number of carbonyl (C=O) groups is 2. The third kappa shape index (κ3) is 6.36. The predicted octanol–water partition coefficient (Wildman–Crippen LogP) is 4.35. The highest BCUT2D eigenvalue weighted by Gasteiger charge is 2.21. The average Bonchev–Trinajstić information content (AvgIpc) is 2.63. The van der Waals surface area contributed by atoms with Crippen LogP contribution in [0.25, 0.3) is 0 Å². The lowest BCUT2D eigenvalue weighted by molar-refractivity contribution is -0.153. The first-order valence-electron chi connectivity index (χ1n) is 8.46. The molecule has 0 aliphatic rings. The van der Waals surface area contributed by atoms with E-state index in [1.807, 2.05) is 37.3 Å². The molecule has 2 aromatic rings. The van der Waals surface area contributed by atoms with Crippen LogP contribution >= 0.6 is 0 Å². The van der Waals surface area contributed by atoms with Gasteiger partial charge in [-0.05, 0) is 30.5 Å². The summed E-state index contributed by atoms with van der Waals surface area (Å²) in [4.78, 5) is 24.3. The summed E-state index contributed by atoms with van der Waals surface area (Å²) in [5, 5.41) is 2.43. The molecule has 27 heavy (non-hydrogen) atoms. The molecular weight excluding hydrogens is 356 g/mol. The molecule has 0 radical (unpaired) electrons. The van der Waals surface area contributed by atoms with Gasteiger partial charge in [-0.1, -0.05) is 49.4 Å². The fourth-order valence-electron chi connectivity index (χ4n) is 2.45. The van der Waals surface area contributed by atoms with E-state index in [2.05, 4.69) is 10.1 Å². The van der Waals surface area contributed by atoms with Crippen molar-refractivity contribution in [1.82, 2.24) is 0 Å². The molecule has 7 heteroatoms. The number of hydrogen-bond acceptors (Lipinski definition) is 4. The first-order chi connectivity index (χ1) is 12.9. The number of esters is 1. The fourth-order valence-corrected chi connectivity index (χ4v) is 2.45. The van der Waals surface area contributed by atoms with E-state index >= 15 is 0 Å². The summed E-state index contributed by atoms with van der Waals surface area (Å²) >= 11 is 0. The number of para-hydroxylation sites is 2. The molecule has 0 aliphatic heterocycles. The highest BCUT2D eigenvalue weighted by atomic mass is 19.3. The Morgan fingerprint density at radius 3 is 2.30 bits per heavy atom. The maximum absolute atomic E-state index is 12.4. The molecule has 0 heterocycles. The van der Waals surface area contributed by atoms with E-state index in [0.717, 1.165) is 5.56 Å². The number of benzene rings is 2. The van der Waals surface area contributed by atoms with Gasteiger partial charge in [0.15, 0.2) is 6.10 Å². The molecule has 5 nitrogen and oxygen atoms in total. The normalized spacial score (nSPS) is 12.9. The summed E-state index contributed by atoms with van der Waals surface area (Å²) in [6, 6.07) is 15.3. The van der Waals surface area contributed by atoms with Gasteiger partial charge in [0.1, 0.15) is 5.75 Å². The lowest BCUT2D eigenvalue weighted by atomic mass is 9.98. The van der Waals surface area contributed by atoms with Crippen molar-refractivity contribution in [2.75, 3.05) is 5.32 Å². The van der Waals surface area contributed by atoms with Crippen molar-refractivity contribution in [3.8, 4) is 5.75 Å². The summed E-state index contributed by atoms with van der Waals surface area (Å²) in [6.45, 7) is 0.286. The van der Waals surface area contributed by atoms with Gasteiger partial charge in [0.2, 0.25) is 0 Å². The monoisotopic (exact) mass is 377 g/mol. The first-order valence-corrected chi connectivity index (χ1v) is 8.46. The Balaban J connectivity index is 1.91. The maximum Gasteiger partial charge on any atom is 0.387 e. The number of hydrogen-bond donors (Lipinski definition) is 1. The Morgan fingerprint density at radius 1 is 1.00 bits per heavy atom. The molecule has 0 saturated heterocycles. The van der Waals surface area contributed by atoms with E-state index < -0.39 is 24.6 Å². The van der Waals surface area contributed by atoms with E-state index in [-0.39, 0.29) is 23.8 Å². The highest BCUT2D eigenvalue weighted by molar-refractivity contribution is 5.96.